The number of benzene rings is 1. The lowest BCUT2D eigenvalue weighted by molar-refractivity contribution is -0.146. The Morgan fingerprint density at radius 1 is 1.12 bits per heavy atom. The molecule has 0 aliphatic rings. The summed E-state index contributed by atoms with van der Waals surface area (Å²) in [5.74, 6) is -0.847. The van der Waals surface area contributed by atoms with E-state index in [4.69, 9.17) is 0 Å². The molecule has 0 heterocycles. The fourth-order valence-corrected chi connectivity index (χ4v) is 2.27. The second-order valence-corrected chi connectivity index (χ2v) is 6.11. The lowest BCUT2D eigenvalue weighted by Crippen LogP contribution is -2.21. The SMILES string of the molecule is COC(=O)C(C)CC(=O)C(C)Cc1ccc(C=NCC(C)=O)cc1. The fourth-order valence-electron chi connectivity index (χ4n) is 2.27. The molecule has 0 radical (unpaired) electrons. The van der Waals surface area contributed by atoms with Crippen LogP contribution in [0.15, 0.2) is 29.3 Å². The zero-order valence-electron chi connectivity index (χ0n) is 14.7. The van der Waals surface area contributed by atoms with Gasteiger partial charge in [0.2, 0.25) is 0 Å². The number of ether oxygens (including phenoxy) is 1. The maximum absolute atomic E-state index is 12.2. The molecular weight excluding hydrogens is 306 g/mol. The van der Waals surface area contributed by atoms with Gasteiger partial charge in [0.15, 0.2) is 5.78 Å². The molecule has 130 valence electrons. The third-order valence-electron chi connectivity index (χ3n) is 3.74. The highest BCUT2D eigenvalue weighted by Gasteiger charge is 2.21. The fraction of sp³-hybridized carbons (Fsp3) is 0.474. The number of hydrogen-bond acceptors (Lipinski definition) is 5. The number of nitrogens with zero attached hydrogens (tertiary/aromatic N) is 1. The van der Waals surface area contributed by atoms with Crippen LogP contribution in [0.1, 0.15) is 38.3 Å². The second-order valence-electron chi connectivity index (χ2n) is 6.11. The minimum Gasteiger partial charge on any atom is -0.469 e. The smallest absolute Gasteiger partial charge is 0.308 e. The molecule has 0 spiro atoms. The van der Waals surface area contributed by atoms with Crippen LogP contribution < -0.4 is 0 Å². The van der Waals surface area contributed by atoms with Crippen LogP contribution in [0.2, 0.25) is 0 Å². The number of esters is 1. The van der Waals surface area contributed by atoms with Gasteiger partial charge in [-0.15, -0.1) is 0 Å². The topological polar surface area (TPSA) is 72.8 Å². The molecule has 0 N–H and O–H groups in total. The van der Waals surface area contributed by atoms with Gasteiger partial charge < -0.3 is 4.74 Å². The van der Waals surface area contributed by atoms with E-state index in [9.17, 15) is 14.4 Å². The molecule has 0 saturated heterocycles. The van der Waals surface area contributed by atoms with Crippen molar-refractivity contribution >= 4 is 23.8 Å². The van der Waals surface area contributed by atoms with Gasteiger partial charge in [-0.05, 0) is 24.5 Å². The number of aliphatic imine (C=N–C) groups is 1. The van der Waals surface area contributed by atoms with Crippen molar-refractivity contribution in [1.29, 1.82) is 0 Å². The van der Waals surface area contributed by atoms with Crippen molar-refractivity contribution in [3.05, 3.63) is 35.4 Å². The standard InChI is InChI=1S/C19H25NO4/c1-13(18(22)10-14(2)19(23)24-4)9-16-5-7-17(8-6-16)12-20-11-15(3)21/h5-8,12-14H,9-11H2,1-4H3. The summed E-state index contributed by atoms with van der Waals surface area (Å²) in [5, 5.41) is 0. The highest BCUT2D eigenvalue weighted by Crippen LogP contribution is 2.15. The Kier molecular flexibility index (Phi) is 8.02. The van der Waals surface area contributed by atoms with Gasteiger partial charge >= 0.3 is 5.97 Å². The largest absolute Gasteiger partial charge is 0.469 e. The van der Waals surface area contributed by atoms with E-state index in [-0.39, 0.29) is 36.4 Å². The highest BCUT2D eigenvalue weighted by atomic mass is 16.5. The average molecular weight is 331 g/mol. The summed E-state index contributed by atoms with van der Waals surface area (Å²) < 4.78 is 4.65. The van der Waals surface area contributed by atoms with Crippen LogP contribution in [0.25, 0.3) is 0 Å². The van der Waals surface area contributed by atoms with Crippen molar-refractivity contribution in [2.75, 3.05) is 13.7 Å². The molecule has 0 saturated carbocycles. The number of methoxy groups -OCH3 is 1. The Balaban J connectivity index is 2.56. The Bertz CT molecular complexity index is 604. The van der Waals surface area contributed by atoms with Crippen molar-refractivity contribution < 1.29 is 19.1 Å². The van der Waals surface area contributed by atoms with Gasteiger partial charge in [0.05, 0.1) is 19.6 Å². The van der Waals surface area contributed by atoms with Crippen LogP contribution in [-0.4, -0.2) is 37.4 Å². The first-order chi connectivity index (χ1) is 11.3. The van der Waals surface area contributed by atoms with Crippen molar-refractivity contribution in [1.82, 2.24) is 0 Å². The normalized spacial score (nSPS) is 13.5. The van der Waals surface area contributed by atoms with E-state index in [1.165, 1.54) is 14.0 Å². The van der Waals surface area contributed by atoms with Crippen molar-refractivity contribution in [3.8, 4) is 0 Å². The Morgan fingerprint density at radius 3 is 2.29 bits per heavy atom. The zero-order chi connectivity index (χ0) is 18.1. The molecule has 0 aliphatic heterocycles. The highest BCUT2D eigenvalue weighted by molar-refractivity contribution is 5.86. The molecule has 0 bridgehead atoms. The number of rotatable bonds is 9. The van der Waals surface area contributed by atoms with Gasteiger partial charge in [0, 0.05) is 18.6 Å². The van der Waals surface area contributed by atoms with Crippen LogP contribution in [0.4, 0.5) is 0 Å². The zero-order valence-corrected chi connectivity index (χ0v) is 14.7. The maximum atomic E-state index is 12.2. The summed E-state index contributed by atoms with van der Waals surface area (Å²) in [6, 6.07) is 7.71. The van der Waals surface area contributed by atoms with E-state index in [1.807, 2.05) is 31.2 Å². The predicted molar refractivity (Wildman–Crippen MR) is 93.3 cm³/mol. The molecule has 5 nitrogen and oxygen atoms in total. The van der Waals surface area contributed by atoms with E-state index >= 15 is 0 Å². The van der Waals surface area contributed by atoms with Crippen LogP contribution in [-0.2, 0) is 25.5 Å². The van der Waals surface area contributed by atoms with Crippen LogP contribution >= 0.6 is 0 Å². The Hall–Kier alpha value is -2.30. The number of hydrogen-bond donors (Lipinski definition) is 0. The third kappa shape index (κ3) is 6.86. The molecular formula is C19H25NO4. The molecule has 1 aromatic rings. The second kappa shape index (κ2) is 9.75. The first kappa shape index (κ1) is 19.7. The quantitative estimate of drug-likeness (QED) is 0.515. The maximum Gasteiger partial charge on any atom is 0.308 e. The van der Waals surface area contributed by atoms with Crippen molar-refractivity contribution in [3.63, 3.8) is 0 Å². The Morgan fingerprint density at radius 2 is 1.75 bits per heavy atom. The van der Waals surface area contributed by atoms with Gasteiger partial charge in [-0.3, -0.25) is 19.4 Å². The molecule has 5 heteroatoms. The van der Waals surface area contributed by atoms with Gasteiger partial charge in [0.25, 0.3) is 0 Å². The molecule has 0 aliphatic carbocycles. The van der Waals surface area contributed by atoms with Gasteiger partial charge in [-0.2, -0.15) is 0 Å². The van der Waals surface area contributed by atoms with E-state index in [1.54, 1.807) is 13.1 Å². The number of carbonyl (C=O) groups is 3. The summed E-state index contributed by atoms with van der Waals surface area (Å²) in [4.78, 5) is 38.5. The van der Waals surface area contributed by atoms with Gasteiger partial charge in [-0.25, -0.2) is 0 Å². The van der Waals surface area contributed by atoms with E-state index in [0.29, 0.717) is 6.42 Å². The number of carbonyl (C=O) groups excluding carboxylic acids is 3. The van der Waals surface area contributed by atoms with Crippen LogP contribution in [0, 0.1) is 11.8 Å². The predicted octanol–water partition coefficient (Wildman–Crippen LogP) is 2.64. The summed E-state index contributed by atoms with van der Waals surface area (Å²) in [6.45, 7) is 5.26. The monoisotopic (exact) mass is 331 g/mol. The minimum atomic E-state index is -0.412. The summed E-state index contributed by atoms with van der Waals surface area (Å²) in [6.07, 6.45) is 2.49. The lowest BCUT2D eigenvalue weighted by Gasteiger charge is -2.13. The number of ketones is 2. The van der Waals surface area contributed by atoms with Crippen molar-refractivity contribution in [2.24, 2.45) is 16.8 Å². The lowest BCUT2D eigenvalue weighted by atomic mass is 9.91. The summed E-state index contributed by atoms with van der Waals surface area (Å²) >= 11 is 0. The molecule has 2 atom stereocenters. The number of Topliss-reactive ketones (excluding diaryl/α,β-unsaturated/α-hetero) is 2. The summed E-state index contributed by atoms with van der Waals surface area (Å²) in [5.41, 5.74) is 1.96. The van der Waals surface area contributed by atoms with Crippen LogP contribution in [0.3, 0.4) is 0 Å². The molecule has 2 unspecified atom stereocenters. The van der Waals surface area contributed by atoms with E-state index in [2.05, 4.69) is 9.73 Å². The van der Waals surface area contributed by atoms with Gasteiger partial charge in [-0.1, -0.05) is 38.1 Å². The van der Waals surface area contributed by atoms with Gasteiger partial charge in [0.1, 0.15) is 5.78 Å². The average Bonchev–Trinajstić information content (AvgIpc) is 2.55. The van der Waals surface area contributed by atoms with Crippen LogP contribution in [0.5, 0.6) is 0 Å². The summed E-state index contributed by atoms with van der Waals surface area (Å²) in [7, 11) is 1.33. The molecule has 0 fully saturated rings. The molecule has 24 heavy (non-hydrogen) atoms. The molecule has 0 amide bonds. The molecule has 0 aromatic heterocycles. The first-order valence-electron chi connectivity index (χ1n) is 8.02. The Labute approximate surface area is 143 Å². The van der Waals surface area contributed by atoms with Crippen molar-refractivity contribution in [2.45, 2.75) is 33.6 Å². The van der Waals surface area contributed by atoms with E-state index < -0.39 is 5.92 Å². The molecule has 1 aromatic carbocycles. The molecule has 1 rings (SSSR count). The first-order valence-corrected chi connectivity index (χ1v) is 8.02. The minimum absolute atomic E-state index is 0.0244. The third-order valence-corrected chi connectivity index (χ3v) is 3.74. The van der Waals surface area contributed by atoms with E-state index in [0.717, 1.165) is 11.1 Å².